The number of carbonyl (C=O) groups excluding carboxylic acids is 2. The molecule has 0 fully saturated rings. The van der Waals surface area contributed by atoms with Crippen molar-refractivity contribution in [1.29, 1.82) is 0 Å². The second-order valence-electron chi connectivity index (χ2n) is 6.09. The molecule has 0 saturated heterocycles. The quantitative estimate of drug-likeness (QED) is 0.746. The largest absolute Gasteiger partial charge is 0.484 e. The normalized spacial score (nSPS) is 11.1. The van der Waals surface area contributed by atoms with Gasteiger partial charge in [0.25, 0.3) is 5.91 Å². The lowest BCUT2D eigenvalue weighted by molar-refractivity contribution is -0.167. The smallest absolute Gasteiger partial charge is 0.471 e. The molecule has 0 heterocycles. The number of benzene rings is 2. The fourth-order valence-electron chi connectivity index (χ4n) is 2.35. The Morgan fingerprint density at radius 3 is 2.36 bits per heavy atom. The first-order valence-electron chi connectivity index (χ1n) is 8.19. The SMILES string of the molecule is Cc1cc(OCC(=O)NCc2cccc(NC(=O)C(F)(F)F)c2)cc(C)c1Cl. The van der Waals surface area contributed by atoms with Crippen LogP contribution in [0, 0.1) is 13.8 Å². The maximum atomic E-state index is 12.3. The Balaban J connectivity index is 1.87. The highest BCUT2D eigenvalue weighted by Crippen LogP contribution is 2.25. The molecule has 0 aliphatic heterocycles. The monoisotopic (exact) mass is 414 g/mol. The van der Waals surface area contributed by atoms with Crippen LogP contribution in [0.25, 0.3) is 0 Å². The van der Waals surface area contributed by atoms with Crippen molar-refractivity contribution in [1.82, 2.24) is 5.32 Å². The Kier molecular flexibility index (Phi) is 6.90. The standard InChI is InChI=1S/C19H18ClF3N2O3/c1-11-6-15(7-12(2)17(11)20)28-10-16(26)24-9-13-4-3-5-14(8-13)25-18(27)19(21,22)23/h3-8H,9-10H2,1-2H3,(H,24,26)(H,25,27). The molecule has 0 saturated carbocycles. The van der Waals surface area contributed by atoms with E-state index in [1.807, 2.05) is 13.8 Å². The number of amides is 2. The highest BCUT2D eigenvalue weighted by atomic mass is 35.5. The third-order valence-corrected chi connectivity index (χ3v) is 4.31. The molecule has 2 amide bonds. The first-order chi connectivity index (χ1) is 13.1. The molecule has 5 nitrogen and oxygen atoms in total. The van der Waals surface area contributed by atoms with E-state index in [0.29, 0.717) is 16.3 Å². The van der Waals surface area contributed by atoms with Crippen molar-refractivity contribution < 1.29 is 27.5 Å². The van der Waals surface area contributed by atoms with Crippen LogP contribution >= 0.6 is 11.6 Å². The number of alkyl halides is 3. The van der Waals surface area contributed by atoms with Crippen LogP contribution in [0.15, 0.2) is 36.4 Å². The lowest BCUT2D eigenvalue weighted by atomic mass is 10.1. The van der Waals surface area contributed by atoms with Gasteiger partial charge in [0.15, 0.2) is 6.61 Å². The summed E-state index contributed by atoms with van der Waals surface area (Å²) in [5.74, 6) is -1.96. The zero-order valence-corrected chi connectivity index (χ0v) is 15.9. The predicted octanol–water partition coefficient (Wildman–Crippen LogP) is 4.15. The number of nitrogens with one attached hydrogen (secondary N) is 2. The molecule has 0 unspecified atom stereocenters. The summed E-state index contributed by atoms with van der Waals surface area (Å²) >= 11 is 6.08. The summed E-state index contributed by atoms with van der Waals surface area (Å²) in [4.78, 5) is 22.9. The molecule has 0 radical (unpaired) electrons. The first kappa shape index (κ1) is 21.6. The molecular weight excluding hydrogens is 397 g/mol. The van der Waals surface area contributed by atoms with E-state index in [1.165, 1.54) is 18.2 Å². The Labute approximate surface area is 164 Å². The summed E-state index contributed by atoms with van der Waals surface area (Å²) < 4.78 is 42.3. The number of aryl methyl sites for hydroxylation is 2. The molecule has 2 rings (SSSR count). The molecule has 9 heteroatoms. The summed E-state index contributed by atoms with van der Waals surface area (Å²) in [7, 11) is 0. The summed E-state index contributed by atoms with van der Waals surface area (Å²) in [6, 6.07) is 9.18. The van der Waals surface area contributed by atoms with Crippen LogP contribution < -0.4 is 15.4 Å². The Hall–Kier alpha value is -2.74. The summed E-state index contributed by atoms with van der Waals surface area (Å²) in [5.41, 5.74) is 2.16. The van der Waals surface area contributed by atoms with Gasteiger partial charge in [0.1, 0.15) is 5.75 Å². The molecule has 0 bridgehead atoms. The maximum absolute atomic E-state index is 12.3. The third-order valence-electron chi connectivity index (χ3n) is 3.71. The fourth-order valence-corrected chi connectivity index (χ4v) is 2.46. The van der Waals surface area contributed by atoms with E-state index in [2.05, 4.69) is 5.32 Å². The lowest BCUT2D eigenvalue weighted by Gasteiger charge is -2.11. The molecule has 0 atom stereocenters. The van der Waals surface area contributed by atoms with Gasteiger partial charge < -0.3 is 15.4 Å². The average molecular weight is 415 g/mol. The minimum absolute atomic E-state index is 0.0163. The van der Waals surface area contributed by atoms with Gasteiger partial charge in [-0.25, -0.2) is 0 Å². The zero-order valence-electron chi connectivity index (χ0n) is 15.1. The van der Waals surface area contributed by atoms with E-state index >= 15 is 0 Å². The van der Waals surface area contributed by atoms with E-state index in [1.54, 1.807) is 23.5 Å². The third kappa shape index (κ3) is 6.16. The Morgan fingerprint density at radius 1 is 1.11 bits per heavy atom. The number of halogens is 4. The van der Waals surface area contributed by atoms with Crippen molar-refractivity contribution in [3.8, 4) is 5.75 Å². The van der Waals surface area contributed by atoms with Gasteiger partial charge in [0.05, 0.1) is 0 Å². The van der Waals surface area contributed by atoms with Gasteiger partial charge in [-0.05, 0) is 54.8 Å². The number of rotatable bonds is 6. The number of carbonyl (C=O) groups is 2. The summed E-state index contributed by atoms with van der Waals surface area (Å²) in [5, 5.41) is 4.99. The molecular formula is C19H18ClF3N2O3. The topological polar surface area (TPSA) is 67.4 Å². The highest BCUT2D eigenvalue weighted by Gasteiger charge is 2.38. The lowest BCUT2D eigenvalue weighted by Crippen LogP contribution is -2.30. The van der Waals surface area contributed by atoms with Gasteiger partial charge >= 0.3 is 12.1 Å². The van der Waals surface area contributed by atoms with Gasteiger partial charge in [0, 0.05) is 17.3 Å². The molecule has 2 N–H and O–H groups in total. The van der Waals surface area contributed by atoms with Crippen LogP contribution in [0.4, 0.5) is 18.9 Å². The van der Waals surface area contributed by atoms with Crippen LogP contribution in [-0.2, 0) is 16.1 Å². The maximum Gasteiger partial charge on any atom is 0.471 e. The molecule has 0 spiro atoms. The van der Waals surface area contributed by atoms with Crippen molar-refractivity contribution in [2.24, 2.45) is 0 Å². The summed E-state index contributed by atoms with van der Waals surface area (Å²) in [6.07, 6.45) is -4.97. The minimum Gasteiger partial charge on any atom is -0.484 e. The minimum atomic E-state index is -4.97. The van der Waals surface area contributed by atoms with Crippen molar-refractivity contribution >= 4 is 29.1 Å². The van der Waals surface area contributed by atoms with Crippen molar-refractivity contribution in [3.63, 3.8) is 0 Å². The number of hydrogen-bond donors (Lipinski definition) is 2. The molecule has 150 valence electrons. The molecule has 28 heavy (non-hydrogen) atoms. The van der Waals surface area contributed by atoms with Gasteiger partial charge in [-0.2, -0.15) is 13.2 Å². The van der Waals surface area contributed by atoms with E-state index in [-0.39, 0.29) is 18.8 Å². The number of hydrogen-bond acceptors (Lipinski definition) is 3. The summed E-state index contributed by atoms with van der Waals surface area (Å²) in [6.45, 7) is 3.49. The van der Waals surface area contributed by atoms with Crippen LogP contribution in [0.2, 0.25) is 5.02 Å². The number of ether oxygens (including phenoxy) is 1. The Bertz CT molecular complexity index is 862. The average Bonchev–Trinajstić information content (AvgIpc) is 2.62. The molecule has 2 aromatic rings. The second kappa shape index (κ2) is 8.97. The van der Waals surface area contributed by atoms with Crippen molar-refractivity contribution in [2.75, 3.05) is 11.9 Å². The van der Waals surface area contributed by atoms with Crippen LogP contribution in [0.1, 0.15) is 16.7 Å². The predicted molar refractivity (Wildman–Crippen MR) is 99.4 cm³/mol. The van der Waals surface area contributed by atoms with E-state index in [0.717, 1.165) is 11.1 Å². The van der Waals surface area contributed by atoms with Crippen LogP contribution in [-0.4, -0.2) is 24.6 Å². The van der Waals surface area contributed by atoms with Crippen molar-refractivity contribution in [2.45, 2.75) is 26.6 Å². The molecule has 2 aromatic carbocycles. The zero-order chi connectivity index (χ0) is 20.9. The molecule has 0 aliphatic carbocycles. The van der Waals surface area contributed by atoms with Crippen LogP contribution in [0.5, 0.6) is 5.75 Å². The van der Waals surface area contributed by atoms with E-state index < -0.39 is 18.0 Å². The van der Waals surface area contributed by atoms with E-state index in [4.69, 9.17) is 16.3 Å². The molecule has 0 aromatic heterocycles. The Morgan fingerprint density at radius 2 is 1.75 bits per heavy atom. The highest BCUT2D eigenvalue weighted by molar-refractivity contribution is 6.32. The van der Waals surface area contributed by atoms with Crippen molar-refractivity contribution in [3.05, 3.63) is 58.1 Å². The molecule has 0 aliphatic rings. The van der Waals surface area contributed by atoms with Gasteiger partial charge in [0.2, 0.25) is 0 Å². The van der Waals surface area contributed by atoms with Crippen LogP contribution in [0.3, 0.4) is 0 Å². The first-order valence-corrected chi connectivity index (χ1v) is 8.57. The van der Waals surface area contributed by atoms with Gasteiger partial charge in [-0.15, -0.1) is 0 Å². The van der Waals surface area contributed by atoms with Gasteiger partial charge in [-0.3, -0.25) is 9.59 Å². The second-order valence-corrected chi connectivity index (χ2v) is 6.47. The van der Waals surface area contributed by atoms with E-state index in [9.17, 15) is 22.8 Å². The van der Waals surface area contributed by atoms with Gasteiger partial charge in [-0.1, -0.05) is 23.7 Å². The fraction of sp³-hybridized carbons (Fsp3) is 0.263. The number of anilines is 1.